The number of aromatic nitrogens is 2. The SMILES string of the molecule is C#Cc1ccc(C#Cc2ccc(C#CC(O)(c3cc[n+](C)cc3)c3cc[n+](C)cc3)cc2)cc1.[Cl-].[Cl-]. The molecule has 0 saturated heterocycles. The summed E-state index contributed by atoms with van der Waals surface area (Å²) in [6.07, 6.45) is 13.0. The van der Waals surface area contributed by atoms with Crippen molar-refractivity contribution in [3.05, 3.63) is 131 Å². The standard InChI is InChI=1S/C31H24N2O.2ClH/c1-4-25-5-7-26(8-6-25)9-10-27-11-13-28(14-12-27)15-20-31(34,29-16-21-32(2)22-17-29)30-18-23-33(3)24-19-30;;/h1,5-8,11-14,16-19,21-24,34H,2-3H3;2*1H/q+2;;/p-2. The van der Waals surface area contributed by atoms with E-state index in [9.17, 15) is 5.11 Å². The minimum Gasteiger partial charge on any atom is -1.00 e. The maximum Gasteiger partial charge on any atom is 0.178 e. The van der Waals surface area contributed by atoms with E-state index in [-0.39, 0.29) is 24.8 Å². The lowest BCUT2D eigenvalue weighted by atomic mass is 9.87. The van der Waals surface area contributed by atoms with E-state index in [4.69, 9.17) is 6.42 Å². The molecule has 0 bridgehead atoms. The smallest absolute Gasteiger partial charge is 0.178 e. The molecule has 0 fully saturated rings. The molecule has 4 aromatic rings. The van der Waals surface area contributed by atoms with Gasteiger partial charge in [-0.25, -0.2) is 9.13 Å². The molecule has 178 valence electrons. The number of halogens is 2. The summed E-state index contributed by atoms with van der Waals surface area (Å²) >= 11 is 0. The van der Waals surface area contributed by atoms with Crippen LogP contribution in [0.4, 0.5) is 0 Å². The van der Waals surface area contributed by atoms with Crippen molar-refractivity contribution in [2.75, 3.05) is 0 Å². The van der Waals surface area contributed by atoms with Gasteiger partial charge in [-0.1, -0.05) is 29.6 Å². The van der Waals surface area contributed by atoms with Gasteiger partial charge in [0.1, 0.15) is 14.1 Å². The quantitative estimate of drug-likeness (QED) is 0.226. The molecule has 1 N–H and O–H groups in total. The first-order valence-corrected chi connectivity index (χ1v) is 10.8. The van der Waals surface area contributed by atoms with Crippen LogP contribution in [0.15, 0.2) is 97.6 Å². The molecule has 2 aromatic heterocycles. The topological polar surface area (TPSA) is 28.0 Å². The van der Waals surface area contributed by atoms with Gasteiger partial charge in [-0.3, -0.25) is 0 Å². The zero-order chi connectivity index (χ0) is 24.0. The lowest BCUT2D eigenvalue weighted by Gasteiger charge is -2.22. The largest absolute Gasteiger partial charge is 1.00 e. The Hall–Kier alpha value is -4.04. The molecule has 0 amide bonds. The Morgan fingerprint density at radius 2 is 0.917 bits per heavy atom. The number of hydrogen-bond donors (Lipinski definition) is 1. The molecule has 5 heteroatoms. The van der Waals surface area contributed by atoms with Gasteiger partial charge in [0, 0.05) is 57.6 Å². The number of pyridine rings is 2. The molecule has 0 radical (unpaired) electrons. The van der Waals surface area contributed by atoms with Crippen molar-refractivity contribution in [2.45, 2.75) is 5.60 Å². The maximum atomic E-state index is 11.7. The Labute approximate surface area is 225 Å². The highest BCUT2D eigenvalue weighted by molar-refractivity contribution is 5.49. The minimum atomic E-state index is -1.44. The molecule has 0 saturated carbocycles. The van der Waals surface area contributed by atoms with Crippen LogP contribution in [0.3, 0.4) is 0 Å². The monoisotopic (exact) mass is 510 g/mol. The Bertz CT molecular complexity index is 1420. The number of rotatable bonds is 2. The van der Waals surface area contributed by atoms with Crippen molar-refractivity contribution in [1.29, 1.82) is 0 Å². The molecule has 0 aliphatic carbocycles. The fourth-order valence-electron chi connectivity index (χ4n) is 3.39. The molecule has 3 nitrogen and oxygen atoms in total. The van der Waals surface area contributed by atoms with Crippen molar-refractivity contribution in [2.24, 2.45) is 14.1 Å². The molecule has 0 unspecified atom stereocenters. The van der Waals surface area contributed by atoms with Crippen molar-refractivity contribution in [3.8, 4) is 36.0 Å². The predicted octanol–water partition coefficient (Wildman–Crippen LogP) is -2.99. The summed E-state index contributed by atoms with van der Waals surface area (Å²) in [5, 5.41) is 11.7. The van der Waals surface area contributed by atoms with Gasteiger partial charge < -0.3 is 29.9 Å². The molecule has 0 aliphatic heterocycles. The third kappa shape index (κ3) is 6.76. The number of hydrogen-bond acceptors (Lipinski definition) is 1. The average molecular weight is 511 g/mol. The van der Waals surface area contributed by atoms with Crippen LogP contribution in [0, 0.1) is 36.0 Å². The van der Waals surface area contributed by atoms with Gasteiger partial charge in [-0.2, -0.15) is 0 Å². The summed E-state index contributed by atoms with van der Waals surface area (Å²) < 4.78 is 3.84. The van der Waals surface area contributed by atoms with E-state index in [0.29, 0.717) is 11.1 Å². The summed E-state index contributed by atoms with van der Waals surface area (Å²) in [5.41, 5.74) is 3.41. The van der Waals surface area contributed by atoms with Gasteiger partial charge in [-0.05, 0) is 48.5 Å². The normalized spacial score (nSPS) is 9.72. The van der Waals surface area contributed by atoms with E-state index in [2.05, 4.69) is 29.6 Å². The minimum absolute atomic E-state index is 0. The second-order valence-corrected chi connectivity index (χ2v) is 8.01. The van der Waals surface area contributed by atoms with E-state index >= 15 is 0 Å². The first-order chi connectivity index (χ1) is 16.5. The van der Waals surface area contributed by atoms with Gasteiger partial charge >= 0.3 is 0 Å². The van der Waals surface area contributed by atoms with Crippen molar-refractivity contribution >= 4 is 0 Å². The summed E-state index contributed by atoms with van der Waals surface area (Å²) in [6, 6.07) is 22.8. The zero-order valence-corrected chi connectivity index (χ0v) is 21.4. The highest BCUT2D eigenvalue weighted by Crippen LogP contribution is 2.28. The van der Waals surface area contributed by atoms with Crippen LogP contribution in [0.2, 0.25) is 0 Å². The van der Waals surface area contributed by atoms with Crippen LogP contribution >= 0.6 is 0 Å². The van der Waals surface area contributed by atoms with Gasteiger partial charge in [0.05, 0.1) is 0 Å². The molecule has 2 heterocycles. The number of aryl methyl sites for hydroxylation is 2. The Morgan fingerprint density at radius 1 is 0.583 bits per heavy atom. The van der Waals surface area contributed by atoms with Crippen LogP contribution in [0.1, 0.15) is 33.4 Å². The van der Waals surface area contributed by atoms with Gasteiger partial charge in [0.15, 0.2) is 30.4 Å². The average Bonchev–Trinajstić information content (AvgIpc) is 2.88. The second-order valence-electron chi connectivity index (χ2n) is 8.01. The fraction of sp³-hybridized carbons (Fsp3) is 0.0968. The van der Waals surface area contributed by atoms with Gasteiger partial charge in [-0.15, -0.1) is 6.42 Å². The number of terminal acetylenes is 1. The van der Waals surface area contributed by atoms with Crippen LogP contribution in [-0.4, -0.2) is 5.11 Å². The first-order valence-electron chi connectivity index (χ1n) is 10.8. The maximum absolute atomic E-state index is 11.7. The Balaban J connectivity index is 0.00000228. The molecular weight excluding hydrogens is 487 g/mol. The van der Waals surface area contributed by atoms with Crippen LogP contribution in [0.5, 0.6) is 0 Å². The molecule has 2 aromatic carbocycles. The van der Waals surface area contributed by atoms with Crippen LogP contribution in [-0.2, 0) is 19.7 Å². The third-order valence-electron chi connectivity index (χ3n) is 5.47. The molecule has 4 rings (SSSR count). The summed E-state index contributed by atoms with van der Waals surface area (Å²) in [7, 11) is 3.88. The van der Waals surface area contributed by atoms with Gasteiger partial charge in [0.2, 0.25) is 0 Å². The third-order valence-corrected chi connectivity index (χ3v) is 5.47. The van der Waals surface area contributed by atoms with Crippen LogP contribution in [0.25, 0.3) is 0 Å². The predicted molar refractivity (Wildman–Crippen MR) is 132 cm³/mol. The fourth-order valence-corrected chi connectivity index (χ4v) is 3.39. The Morgan fingerprint density at radius 3 is 1.28 bits per heavy atom. The lowest BCUT2D eigenvalue weighted by molar-refractivity contribution is -0.671. The van der Waals surface area contributed by atoms with Crippen molar-refractivity contribution in [1.82, 2.24) is 0 Å². The molecule has 0 spiro atoms. The molecular formula is C31H24Cl2N2O. The Kier molecular flexibility index (Phi) is 9.87. The molecule has 0 atom stereocenters. The highest BCUT2D eigenvalue weighted by Gasteiger charge is 2.31. The molecule has 0 aliphatic rings. The lowest BCUT2D eigenvalue weighted by Crippen LogP contribution is -3.00. The van der Waals surface area contributed by atoms with E-state index in [1.54, 1.807) is 0 Å². The number of nitrogens with zero attached hydrogens (tertiary/aromatic N) is 2. The number of aliphatic hydroxyl groups is 1. The summed E-state index contributed by atoms with van der Waals surface area (Å²) in [5.74, 6) is 15.2. The highest BCUT2D eigenvalue weighted by atomic mass is 35.5. The zero-order valence-electron chi connectivity index (χ0n) is 19.9. The van der Waals surface area contributed by atoms with E-state index < -0.39 is 5.60 Å². The first kappa shape index (κ1) is 28.2. The van der Waals surface area contributed by atoms with E-state index in [0.717, 1.165) is 22.3 Å². The van der Waals surface area contributed by atoms with Gasteiger partial charge in [0.25, 0.3) is 0 Å². The molecule has 36 heavy (non-hydrogen) atoms. The van der Waals surface area contributed by atoms with Crippen LogP contribution < -0.4 is 33.9 Å². The number of benzene rings is 2. The van der Waals surface area contributed by atoms with E-state index in [1.165, 1.54) is 0 Å². The summed E-state index contributed by atoms with van der Waals surface area (Å²) in [4.78, 5) is 0. The van der Waals surface area contributed by atoms with Crippen molar-refractivity contribution < 1.29 is 39.1 Å². The van der Waals surface area contributed by atoms with E-state index in [1.807, 2.05) is 121 Å². The second kappa shape index (κ2) is 12.6. The van der Waals surface area contributed by atoms with Crippen molar-refractivity contribution in [3.63, 3.8) is 0 Å². The summed E-state index contributed by atoms with van der Waals surface area (Å²) in [6.45, 7) is 0.